The van der Waals surface area contributed by atoms with Crippen LogP contribution in [-0.4, -0.2) is 34.9 Å². The number of aliphatic hydroxyl groups is 1. The lowest BCUT2D eigenvalue weighted by Crippen LogP contribution is -2.09. The lowest BCUT2D eigenvalue weighted by molar-refractivity contribution is -0.131. The number of anilines is 1. The molecule has 0 fully saturated rings. The largest absolute Gasteiger partial charge is 0.478 e. The average Bonchev–Trinajstić information content (AvgIpc) is 2.68. The maximum Gasteiger partial charge on any atom is 0.336 e. The third kappa shape index (κ3) is 7.14. The first-order valence-electron chi connectivity index (χ1n) is 8.02. The summed E-state index contributed by atoms with van der Waals surface area (Å²) in [6.07, 6.45) is 4.44. The van der Waals surface area contributed by atoms with Crippen molar-refractivity contribution >= 4 is 29.6 Å². The first-order chi connectivity index (χ1) is 13.5. The molecule has 0 unspecified atom stereocenters. The number of ether oxygens (including phenoxy) is 2. The molecule has 0 saturated carbocycles. The predicted molar refractivity (Wildman–Crippen MR) is 101 cm³/mol. The van der Waals surface area contributed by atoms with E-state index in [-0.39, 0.29) is 5.75 Å². The van der Waals surface area contributed by atoms with Crippen molar-refractivity contribution in [2.75, 3.05) is 12.1 Å². The number of carbonyl (C=O) groups is 3. The lowest BCUT2D eigenvalue weighted by atomic mass is 10.2. The van der Waals surface area contributed by atoms with Crippen molar-refractivity contribution in [1.82, 2.24) is 0 Å². The van der Waals surface area contributed by atoms with Crippen molar-refractivity contribution in [3.63, 3.8) is 0 Å². The van der Waals surface area contributed by atoms with E-state index in [1.54, 1.807) is 30.3 Å². The van der Waals surface area contributed by atoms with E-state index in [0.717, 1.165) is 17.7 Å². The zero-order valence-electron chi connectivity index (χ0n) is 14.6. The molecule has 0 aliphatic rings. The van der Waals surface area contributed by atoms with Gasteiger partial charge in [-0.05, 0) is 48.0 Å². The molecular weight excluding hydrogens is 366 g/mol. The summed E-state index contributed by atoms with van der Waals surface area (Å²) < 4.78 is 10.1. The summed E-state index contributed by atoms with van der Waals surface area (Å²) in [7, 11) is 0. The van der Waals surface area contributed by atoms with Crippen LogP contribution in [0, 0.1) is 0 Å². The molecule has 2 rings (SSSR count). The van der Waals surface area contributed by atoms with Crippen LogP contribution in [0.4, 0.5) is 5.69 Å². The summed E-state index contributed by atoms with van der Waals surface area (Å²) in [6.45, 7) is -0.414. The first-order valence-corrected chi connectivity index (χ1v) is 8.02. The van der Waals surface area contributed by atoms with Gasteiger partial charge in [0.15, 0.2) is 6.79 Å². The molecule has 8 heteroatoms. The van der Waals surface area contributed by atoms with E-state index < -0.39 is 24.6 Å². The Hall–Kier alpha value is -3.91. The fourth-order valence-electron chi connectivity index (χ4n) is 2.00. The maximum absolute atomic E-state index is 11.9. The smallest absolute Gasteiger partial charge is 0.336 e. The van der Waals surface area contributed by atoms with E-state index in [1.165, 1.54) is 30.3 Å². The number of rotatable bonds is 8. The number of hydrogen-bond acceptors (Lipinski definition) is 6. The summed E-state index contributed by atoms with van der Waals surface area (Å²) in [5.41, 5.74) is 1.16. The van der Waals surface area contributed by atoms with Gasteiger partial charge >= 0.3 is 11.9 Å². The van der Waals surface area contributed by atoms with E-state index in [2.05, 4.69) is 5.32 Å². The maximum atomic E-state index is 11.9. The zero-order valence-corrected chi connectivity index (χ0v) is 14.6. The van der Waals surface area contributed by atoms with Gasteiger partial charge in [0, 0.05) is 23.9 Å². The second-order valence-corrected chi connectivity index (χ2v) is 5.28. The predicted octanol–water partition coefficient (Wildman–Crippen LogP) is 2.21. The molecule has 0 radical (unpaired) electrons. The Morgan fingerprint density at radius 2 is 1.54 bits per heavy atom. The number of carbonyl (C=O) groups excluding carboxylic acids is 2. The van der Waals surface area contributed by atoms with Crippen LogP contribution < -0.4 is 14.8 Å². The summed E-state index contributed by atoms with van der Waals surface area (Å²) in [5, 5.41) is 19.6. The number of esters is 1. The molecule has 2 aromatic rings. The molecule has 0 aliphatic carbocycles. The summed E-state index contributed by atoms with van der Waals surface area (Å²) in [6, 6.07) is 12.7. The molecule has 0 spiro atoms. The Balaban J connectivity index is 1.88. The molecule has 0 atom stereocenters. The lowest BCUT2D eigenvalue weighted by Gasteiger charge is -2.05. The topological polar surface area (TPSA) is 122 Å². The number of aliphatic hydroxyl groups excluding tert-OH is 1. The minimum absolute atomic E-state index is 0.278. The van der Waals surface area contributed by atoms with Gasteiger partial charge in [-0.15, -0.1) is 0 Å². The monoisotopic (exact) mass is 383 g/mol. The number of benzene rings is 2. The van der Waals surface area contributed by atoms with E-state index in [0.29, 0.717) is 11.4 Å². The SMILES string of the molecule is O=C(O)/C=C\C(=O)Nc1ccc(OC(=O)/C=C/c2ccc(OCO)cc2)cc1. The fraction of sp³-hybridized carbons (Fsp3) is 0.0500. The second-order valence-electron chi connectivity index (χ2n) is 5.28. The third-order valence-electron chi connectivity index (χ3n) is 3.24. The van der Waals surface area contributed by atoms with Crippen molar-refractivity contribution in [3.05, 3.63) is 72.3 Å². The van der Waals surface area contributed by atoms with Crippen LogP contribution in [0.1, 0.15) is 5.56 Å². The van der Waals surface area contributed by atoms with Gasteiger partial charge in [0.25, 0.3) is 0 Å². The van der Waals surface area contributed by atoms with Crippen LogP contribution in [0.15, 0.2) is 66.8 Å². The third-order valence-corrected chi connectivity index (χ3v) is 3.24. The van der Waals surface area contributed by atoms with Gasteiger partial charge in [0.1, 0.15) is 11.5 Å². The van der Waals surface area contributed by atoms with Crippen molar-refractivity contribution < 1.29 is 34.1 Å². The number of aliphatic carboxylic acids is 1. The number of carboxylic acid groups (broad SMARTS) is 1. The van der Waals surface area contributed by atoms with Gasteiger partial charge < -0.3 is 25.0 Å². The summed E-state index contributed by atoms with van der Waals surface area (Å²) in [4.78, 5) is 33.7. The Labute approximate surface area is 160 Å². The van der Waals surface area contributed by atoms with Crippen LogP contribution in [0.3, 0.4) is 0 Å². The van der Waals surface area contributed by atoms with Gasteiger partial charge in [0.05, 0.1) is 0 Å². The van der Waals surface area contributed by atoms with Crippen LogP contribution in [0.25, 0.3) is 6.08 Å². The van der Waals surface area contributed by atoms with E-state index >= 15 is 0 Å². The highest BCUT2D eigenvalue weighted by Crippen LogP contribution is 2.17. The van der Waals surface area contributed by atoms with Gasteiger partial charge in [0.2, 0.25) is 5.91 Å². The summed E-state index contributed by atoms with van der Waals surface area (Å²) >= 11 is 0. The fourth-order valence-corrected chi connectivity index (χ4v) is 2.00. The molecule has 2 aromatic carbocycles. The van der Waals surface area contributed by atoms with E-state index in [4.69, 9.17) is 19.7 Å². The number of nitrogens with one attached hydrogen (secondary N) is 1. The van der Waals surface area contributed by atoms with Crippen LogP contribution >= 0.6 is 0 Å². The molecule has 144 valence electrons. The normalized spacial score (nSPS) is 10.8. The number of carboxylic acids is 1. The molecule has 8 nitrogen and oxygen atoms in total. The highest BCUT2D eigenvalue weighted by Gasteiger charge is 2.03. The molecule has 0 aliphatic heterocycles. The van der Waals surface area contributed by atoms with Gasteiger partial charge in [-0.3, -0.25) is 4.79 Å². The van der Waals surface area contributed by atoms with E-state index in [1.807, 2.05) is 0 Å². The second kappa shape index (κ2) is 10.3. The number of amides is 1. The molecule has 1 amide bonds. The molecule has 0 bridgehead atoms. The molecule has 0 saturated heterocycles. The van der Waals surface area contributed by atoms with Crippen molar-refractivity contribution in [3.8, 4) is 11.5 Å². The molecule has 3 N–H and O–H groups in total. The molecule has 28 heavy (non-hydrogen) atoms. The summed E-state index contributed by atoms with van der Waals surface area (Å²) in [5.74, 6) is -1.62. The minimum Gasteiger partial charge on any atom is -0.478 e. The first kappa shape index (κ1) is 20.4. The molecule has 0 aromatic heterocycles. The standard InChI is InChI=1S/C20H17NO7/c22-13-27-16-6-1-14(2-7-16)3-12-20(26)28-17-8-4-15(5-9-17)21-18(23)10-11-19(24)25/h1-12,22H,13H2,(H,21,23)(H,24,25)/b11-10-,12-3+. The Morgan fingerprint density at radius 3 is 2.14 bits per heavy atom. The Kier molecular flexibility index (Phi) is 7.50. The van der Waals surface area contributed by atoms with Crippen LogP contribution in [0.2, 0.25) is 0 Å². The number of hydrogen-bond donors (Lipinski definition) is 3. The minimum atomic E-state index is -1.22. The van der Waals surface area contributed by atoms with Gasteiger partial charge in [-0.2, -0.15) is 0 Å². The van der Waals surface area contributed by atoms with E-state index in [9.17, 15) is 14.4 Å². The van der Waals surface area contributed by atoms with Crippen molar-refractivity contribution in [2.45, 2.75) is 0 Å². The zero-order chi connectivity index (χ0) is 20.4. The highest BCUT2D eigenvalue weighted by molar-refractivity contribution is 6.02. The Bertz CT molecular complexity index is 884. The van der Waals surface area contributed by atoms with Crippen molar-refractivity contribution in [2.24, 2.45) is 0 Å². The van der Waals surface area contributed by atoms with Gasteiger partial charge in [-0.1, -0.05) is 12.1 Å². The highest BCUT2D eigenvalue weighted by atomic mass is 16.6. The quantitative estimate of drug-likeness (QED) is 0.276. The molecular formula is C20H17NO7. The average molecular weight is 383 g/mol. The van der Waals surface area contributed by atoms with Crippen LogP contribution in [0.5, 0.6) is 11.5 Å². The molecule has 0 heterocycles. The Morgan fingerprint density at radius 1 is 0.893 bits per heavy atom. The van der Waals surface area contributed by atoms with Gasteiger partial charge in [-0.25, -0.2) is 9.59 Å². The van der Waals surface area contributed by atoms with Crippen molar-refractivity contribution in [1.29, 1.82) is 0 Å². The van der Waals surface area contributed by atoms with Crippen LogP contribution in [-0.2, 0) is 14.4 Å².